The van der Waals surface area contributed by atoms with Crippen molar-refractivity contribution in [2.45, 2.75) is 58.9 Å². The molecule has 1 amide bonds. The highest BCUT2D eigenvalue weighted by Crippen LogP contribution is 2.37. The normalized spacial score (nSPS) is 13.0. The third-order valence-corrected chi connectivity index (χ3v) is 10.9. The molecule has 182 valence electrons. The molecule has 0 fully saturated rings. The Balaban J connectivity index is 2.19. The Morgan fingerprint density at radius 2 is 1.91 bits per heavy atom. The van der Waals surface area contributed by atoms with Gasteiger partial charge in [-0.15, -0.1) is 0 Å². The van der Waals surface area contributed by atoms with Gasteiger partial charge in [0.25, 0.3) is 11.5 Å². The van der Waals surface area contributed by atoms with Crippen molar-refractivity contribution >= 4 is 41.7 Å². The smallest absolute Gasteiger partial charge is 0.278 e. The van der Waals surface area contributed by atoms with Gasteiger partial charge in [-0.25, -0.2) is 9.87 Å². The summed E-state index contributed by atoms with van der Waals surface area (Å²) in [5, 5.41) is 2.92. The fourth-order valence-electron chi connectivity index (χ4n) is 2.93. The van der Waals surface area contributed by atoms with Gasteiger partial charge in [-0.1, -0.05) is 36.7 Å². The number of nitrogens with one attached hydrogen (secondary N) is 2. The topological polar surface area (TPSA) is 81.6 Å². The summed E-state index contributed by atoms with van der Waals surface area (Å²) in [5.74, 6) is -0.941. The summed E-state index contributed by atoms with van der Waals surface area (Å²) in [6.07, 6.45) is -0.220. The van der Waals surface area contributed by atoms with E-state index in [0.29, 0.717) is 10.0 Å². The number of aromatic nitrogens is 1. The minimum atomic E-state index is -1.97. The predicted octanol–water partition coefficient (Wildman–Crippen LogP) is 5.41. The third-order valence-electron chi connectivity index (χ3n) is 5.81. The van der Waals surface area contributed by atoms with Gasteiger partial charge >= 0.3 is 0 Å². The van der Waals surface area contributed by atoms with Crippen molar-refractivity contribution in [1.82, 2.24) is 10.0 Å². The first-order valence-corrected chi connectivity index (χ1v) is 14.4. The summed E-state index contributed by atoms with van der Waals surface area (Å²) in [4.78, 5) is 30.8. The number of anilines is 2. The molecule has 2 aromatic rings. The molecule has 33 heavy (non-hydrogen) atoms. The van der Waals surface area contributed by atoms with Crippen molar-refractivity contribution in [2.75, 3.05) is 11.9 Å². The number of hydrogen-bond acceptors (Lipinski definition) is 5. The number of nitrogens with zero attached hydrogens (tertiary/aromatic N) is 1. The Hall–Kier alpha value is -2.01. The predicted molar refractivity (Wildman–Crippen MR) is 135 cm³/mol. The van der Waals surface area contributed by atoms with Gasteiger partial charge < -0.3 is 9.74 Å². The number of benzene rings is 1. The van der Waals surface area contributed by atoms with Crippen LogP contribution in [0.15, 0.2) is 33.5 Å². The number of aryl methyl sites for hydroxylation is 1. The van der Waals surface area contributed by atoms with Gasteiger partial charge in [0.05, 0.1) is 24.0 Å². The monoisotopic (exact) mass is 541 g/mol. The molecule has 0 radical (unpaired) electrons. The van der Waals surface area contributed by atoms with Crippen LogP contribution in [0.4, 0.5) is 15.9 Å². The second-order valence-corrected chi connectivity index (χ2v) is 15.3. The summed E-state index contributed by atoms with van der Waals surface area (Å²) in [6, 6.07) is 5.92. The fourth-order valence-corrected chi connectivity index (χ4v) is 4.69. The largest absolute Gasteiger partial charge is 0.412 e. The summed E-state index contributed by atoms with van der Waals surface area (Å²) >= 11 is 3.21. The third kappa shape index (κ3) is 6.75. The van der Waals surface area contributed by atoms with Gasteiger partial charge in [-0.05, 0) is 56.2 Å². The molecular formula is C23H33BrFN3O4Si. The quantitative estimate of drug-likeness (QED) is 0.345. The van der Waals surface area contributed by atoms with Crippen LogP contribution in [0.5, 0.6) is 0 Å². The molecule has 0 aliphatic rings. The van der Waals surface area contributed by atoms with Crippen LogP contribution in [0, 0.1) is 12.7 Å². The lowest BCUT2D eigenvalue weighted by atomic mass is 10.1. The van der Waals surface area contributed by atoms with Crippen molar-refractivity contribution in [1.29, 1.82) is 0 Å². The van der Waals surface area contributed by atoms with E-state index in [1.165, 1.54) is 29.8 Å². The van der Waals surface area contributed by atoms with E-state index in [2.05, 4.69) is 60.6 Å². The Morgan fingerprint density at radius 1 is 1.27 bits per heavy atom. The molecule has 2 rings (SSSR count). The number of halogens is 2. The number of hydrogen-bond donors (Lipinski definition) is 2. The molecule has 1 unspecified atom stereocenters. The van der Waals surface area contributed by atoms with Crippen molar-refractivity contribution in [2.24, 2.45) is 7.05 Å². The minimum absolute atomic E-state index is 0.0553. The zero-order valence-corrected chi connectivity index (χ0v) is 23.0. The second kappa shape index (κ2) is 10.5. The molecule has 0 saturated carbocycles. The number of pyridine rings is 1. The SMILES string of the molecule is Cc1cc(C(=O)NOCC(C)O[Si](C)(C)C(C)(C)C)c(Nc2ccc(Br)cc2F)n(C)c1=O. The van der Waals surface area contributed by atoms with E-state index in [0.717, 1.165) is 0 Å². The first-order chi connectivity index (χ1) is 15.1. The fraction of sp³-hybridized carbons (Fsp3) is 0.478. The van der Waals surface area contributed by atoms with Gasteiger partial charge in [0.1, 0.15) is 11.6 Å². The van der Waals surface area contributed by atoms with Crippen molar-refractivity contribution in [3.8, 4) is 0 Å². The van der Waals surface area contributed by atoms with Gasteiger partial charge in [-0.3, -0.25) is 19.0 Å². The number of carbonyl (C=O) groups excluding carboxylic acids is 1. The second-order valence-electron chi connectivity index (χ2n) is 9.63. The van der Waals surface area contributed by atoms with Crippen LogP contribution in [-0.4, -0.2) is 31.5 Å². The van der Waals surface area contributed by atoms with Crippen molar-refractivity contribution < 1.29 is 18.4 Å². The van der Waals surface area contributed by atoms with E-state index < -0.39 is 20.0 Å². The maximum Gasteiger partial charge on any atom is 0.278 e. The zero-order valence-electron chi connectivity index (χ0n) is 20.4. The molecule has 1 heterocycles. The number of rotatable bonds is 8. The first-order valence-electron chi connectivity index (χ1n) is 10.7. The summed E-state index contributed by atoms with van der Waals surface area (Å²) in [7, 11) is -0.457. The van der Waals surface area contributed by atoms with E-state index in [4.69, 9.17) is 9.26 Å². The Morgan fingerprint density at radius 3 is 2.48 bits per heavy atom. The van der Waals surface area contributed by atoms with Gasteiger partial charge in [0.15, 0.2) is 8.32 Å². The molecule has 0 spiro atoms. The molecule has 1 aromatic carbocycles. The Bertz CT molecular complexity index is 1080. The highest BCUT2D eigenvalue weighted by atomic mass is 79.9. The van der Waals surface area contributed by atoms with Crippen LogP contribution in [0.1, 0.15) is 43.6 Å². The number of amides is 1. The standard InChI is InChI=1S/C23H33BrFN3O4Si/c1-14-11-17(21(29)27-31-13-15(2)32-33(7,8)23(3,4)5)20(28(6)22(14)30)26-19-10-9-16(24)12-18(19)25/h9-12,15,26H,13H2,1-8H3,(H,27,29). The molecule has 1 atom stereocenters. The van der Waals surface area contributed by atoms with Crippen molar-refractivity contribution in [3.05, 3.63) is 56.0 Å². The maximum atomic E-state index is 14.4. The van der Waals surface area contributed by atoms with Crippen LogP contribution < -0.4 is 16.4 Å². The molecule has 0 bridgehead atoms. The first kappa shape index (κ1) is 27.2. The average molecular weight is 543 g/mol. The Kier molecular flexibility index (Phi) is 8.66. The lowest BCUT2D eigenvalue weighted by Crippen LogP contribution is -2.44. The van der Waals surface area contributed by atoms with Gasteiger partial charge in [-0.2, -0.15) is 0 Å². The summed E-state index contributed by atoms with van der Waals surface area (Å²) < 4.78 is 22.4. The van der Waals surface area contributed by atoms with Crippen LogP contribution in [0.2, 0.25) is 18.1 Å². The van der Waals surface area contributed by atoms with E-state index in [1.54, 1.807) is 13.0 Å². The number of carbonyl (C=O) groups is 1. The minimum Gasteiger partial charge on any atom is -0.412 e. The summed E-state index contributed by atoms with van der Waals surface area (Å²) in [6.45, 7) is 14.4. The van der Waals surface area contributed by atoms with Crippen LogP contribution >= 0.6 is 15.9 Å². The van der Waals surface area contributed by atoms with Gasteiger partial charge in [0.2, 0.25) is 0 Å². The molecule has 2 N–H and O–H groups in total. The summed E-state index contributed by atoms with van der Waals surface area (Å²) in [5.41, 5.74) is 2.77. The molecule has 0 saturated heterocycles. The van der Waals surface area contributed by atoms with E-state index >= 15 is 0 Å². The van der Waals surface area contributed by atoms with Crippen LogP contribution in [0.25, 0.3) is 0 Å². The molecule has 10 heteroatoms. The molecular weight excluding hydrogens is 509 g/mol. The molecule has 0 aliphatic heterocycles. The van der Waals surface area contributed by atoms with Gasteiger partial charge in [0, 0.05) is 17.1 Å². The molecule has 1 aromatic heterocycles. The van der Waals surface area contributed by atoms with E-state index in [9.17, 15) is 14.0 Å². The molecule has 7 nitrogen and oxygen atoms in total. The van der Waals surface area contributed by atoms with Crippen LogP contribution in [-0.2, 0) is 16.3 Å². The highest BCUT2D eigenvalue weighted by Gasteiger charge is 2.38. The van der Waals surface area contributed by atoms with E-state index in [1.807, 2.05) is 6.92 Å². The maximum absolute atomic E-state index is 14.4. The van der Waals surface area contributed by atoms with Crippen molar-refractivity contribution in [3.63, 3.8) is 0 Å². The number of hydroxylamine groups is 1. The highest BCUT2D eigenvalue weighted by molar-refractivity contribution is 9.10. The van der Waals surface area contributed by atoms with E-state index in [-0.39, 0.29) is 40.4 Å². The zero-order chi connectivity index (χ0) is 25.1. The Labute approximate surface area is 203 Å². The lowest BCUT2D eigenvalue weighted by Gasteiger charge is -2.38. The molecule has 0 aliphatic carbocycles. The lowest BCUT2D eigenvalue weighted by molar-refractivity contribution is -0.00343. The van der Waals surface area contributed by atoms with Crippen LogP contribution in [0.3, 0.4) is 0 Å². The average Bonchev–Trinajstić information content (AvgIpc) is 2.68.